The first-order chi connectivity index (χ1) is 8.34. The lowest BCUT2D eigenvalue weighted by Crippen LogP contribution is -2.32. The number of amides is 1. The van der Waals surface area contributed by atoms with E-state index in [4.69, 9.17) is 4.74 Å². The van der Waals surface area contributed by atoms with Crippen molar-refractivity contribution < 1.29 is 9.53 Å². The molecule has 3 heteroatoms. The van der Waals surface area contributed by atoms with Crippen LogP contribution in [0.5, 0.6) is 0 Å². The van der Waals surface area contributed by atoms with Crippen molar-refractivity contribution >= 4 is 5.91 Å². The van der Waals surface area contributed by atoms with Crippen molar-refractivity contribution in [2.24, 2.45) is 5.92 Å². The maximum absolute atomic E-state index is 11.5. The highest BCUT2D eigenvalue weighted by atomic mass is 16.6. The van der Waals surface area contributed by atoms with Crippen molar-refractivity contribution in [2.45, 2.75) is 24.9 Å². The number of nitrogens with one attached hydrogen (secondary N) is 1. The molecule has 0 radical (unpaired) electrons. The van der Waals surface area contributed by atoms with Gasteiger partial charge in [0.1, 0.15) is 0 Å². The van der Waals surface area contributed by atoms with E-state index in [-0.39, 0.29) is 12.0 Å². The van der Waals surface area contributed by atoms with Gasteiger partial charge < -0.3 is 10.1 Å². The lowest BCUT2D eigenvalue weighted by atomic mass is 9.94. The van der Waals surface area contributed by atoms with E-state index in [1.807, 2.05) is 6.07 Å². The van der Waals surface area contributed by atoms with Crippen LogP contribution in [0, 0.1) is 5.92 Å². The maximum atomic E-state index is 11.5. The number of rotatable bonds is 5. The molecule has 1 amide bonds. The molecule has 1 saturated heterocycles. The Kier molecular flexibility index (Phi) is 2.85. The number of benzene rings is 1. The van der Waals surface area contributed by atoms with Crippen LogP contribution in [0.3, 0.4) is 0 Å². The molecule has 0 spiro atoms. The second-order valence-corrected chi connectivity index (χ2v) is 4.92. The molecule has 1 N–H and O–H groups in total. The van der Waals surface area contributed by atoms with Gasteiger partial charge in [-0.15, -0.1) is 0 Å². The van der Waals surface area contributed by atoms with Gasteiger partial charge in [0.05, 0.1) is 6.61 Å². The van der Waals surface area contributed by atoms with Gasteiger partial charge in [0.25, 0.3) is 5.91 Å². The van der Waals surface area contributed by atoms with Crippen molar-refractivity contribution in [2.75, 3.05) is 13.2 Å². The normalized spacial score (nSPS) is 24.1. The average Bonchev–Trinajstić information content (AvgIpc) is 3.22. The number of carbonyl (C=O) groups excluding carboxylic acids is 1. The van der Waals surface area contributed by atoms with Crippen LogP contribution in [0.25, 0.3) is 0 Å². The quantitative estimate of drug-likeness (QED) is 0.784. The minimum Gasteiger partial charge on any atom is -0.363 e. The molecule has 2 unspecified atom stereocenters. The standard InChI is InChI=1S/C14H17NO2/c16-14(13-9-17-13)15-8-12(11-6-7-11)10-4-2-1-3-5-10/h1-5,11-13H,6-9H2,(H,15,16). The monoisotopic (exact) mass is 231 g/mol. The molecule has 3 nitrogen and oxygen atoms in total. The Morgan fingerprint density at radius 1 is 1.35 bits per heavy atom. The van der Waals surface area contributed by atoms with E-state index < -0.39 is 0 Å². The van der Waals surface area contributed by atoms with E-state index in [9.17, 15) is 4.79 Å². The summed E-state index contributed by atoms with van der Waals surface area (Å²) in [5, 5.41) is 3.00. The summed E-state index contributed by atoms with van der Waals surface area (Å²) in [6.45, 7) is 1.33. The zero-order valence-electron chi connectivity index (χ0n) is 9.76. The Labute approximate surface area is 101 Å². The van der Waals surface area contributed by atoms with Gasteiger partial charge in [0, 0.05) is 12.5 Å². The fourth-order valence-corrected chi connectivity index (χ4v) is 2.28. The lowest BCUT2D eigenvalue weighted by Gasteiger charge is -2.17. The van der Waals surface area contributed by atoms with Crippen LogP contribution in [0.4, 0.5) is 0 Å². The fourth-order valence-electron chi connectivity index (χ4n) is 2.28. The van der Waals surface area contributed by atoms with Gasteiger partial charge in [0.15, 0.2) is 6.10 Å². The van der Waals surface area contributed by atoms with Crippen LogP contribution in [0.2, 0.25) is 0 Å². The van der Waals surface area contributed by atoms with Crippen molar-refractivity contribution in [1.82, 2.24) is 5.32 Å². The molecule has 1 aromatic carbocycles. The second kappa shape index (κ2) is 4.49. The van der Waals surface area contributed by atoms with E-state index in [0.717, 1.165) is 12.5 Å². The highest BCUT2D eigenvalue weighted by Gasteiger charge is 2.35. The second-order valence-electron chi connectivity index (χ2n) is 4.92. The summed E-state index contributed by atoms with van der Waals surface area (Å²) in [5.41, 5.74) is 1.34. The van der Waals surface area contributed by atoms with Crippen molar-refractivity contribution in [3.05, 3.63) is 35.9 Å². The molecule has 3 rings (SSSR count). The Morgan fingerprint density at radius 3 is 2.65 bits per heavy atom. The zero-order chi connectivity index (χ0) is 11.7. The Hall–Kier alpha value is -1.35. The summed E-state index contributed by atoms with van der Waals surface area (Å²) in [6, 6.07) is 10.5. The number of ether oxygens (including phenoxy) is 1. The van der Waals surface area contributed by atoms with E-state index >= 15 is 0 Å². The summed E-state index contributed by atoms with van der Waals surface area (Å²) < 4.78 is 4.97. The minimum atomic E-state index is -0.175. The van der Waals surface area contributed by atoms with E-state index in [1.165, 1.54) is 18.4 Å². The van der Waals surface area contributed by atoms with Gasteiger partial charge in [-0.3, -0.25) is 4.79 Å². The number of carbonyl (C=O) groups is 1. The smallest absolute Gasteiger partial charge is 0.251 e. The molecule has 1 heterocycles. The molecule has 1 aliphatic heterocycles. The van der Waals surface area contributed by atoms with Gasteiger partial charge in [0.2, 0.25) is 0 Å². The summed E-state index contributed by atoms with van der Waals surface area (Å²) in [7, 11) is 0. The lowest BCUT2D eigenvalue weighted by molar-refractivity contribution is -0.122. The molecule has 90 valence electrons. The van der Waals surface area contributed by atoms with Crippen LogP contribution in [0.15, 0.2) is 30.3 Å². The molecule has 1 saturated carbocycles. The van der Waals surface area contributed by atoms with Gasteiger partial charge >= 0.3 is 0 Å². The summed E-state index contributed by atoms with van der Waals surface area (Å²) in [4.78, 5) is 11.5. The van der Waals surface area contributed by atoms with Crippen LogP contribution < -0.4 is 5.32 Å². The summed E-state index contributed by atoms with van der Waals surface area (Å²) in [6.07, 6.45) is 2.40. The molecule has 2 aliphatic rings. The largest absolute Gasteiger partial charge is 0.363 e. The minimum absolute atomic E-state index is 0.0478. The fraction of sp³-hybridized carbons (Fsp3) is 0.500. The van der Waals surface area contributed by atoms with Crippen LogP contribution in [-0.2, 0) is 9.53 Å². The highest BCUT2D eigenvalue weighted by molar-refractivity contribution is 5.82. The van der Waals surface area contributed by atoms with Gasteiger partial charge in [-0.05, 0) is 24.3 Å². The maximum Gasteiger partial charge on any atom is 0.251 e. The first-order valence-electron chi connectivity index (χ1n) is 6.29. The molecule has 1 aromatic rings. The Bertz CT molecular complexity index is 396. The number of hydrogen-bond acceptors (Lipinski definition) is 2. The topological polar surface area (TPSA) is 41.6 Å². The van der Waals surface area contributed by atoms with Crippen molar-refractivity contribution in [3.8, 4) is 0 Å². The average molecular weight is 231 g/mol. The molecule has 0 aromatic heterocycles. The van der Waals surface area contributed by atoms with Crippen LogP contribution in [0.1, 0.15) is 24.3 Å². The Balaban J connectivity index is 1.62. The summed E-state index contributed by atoms with van der Waals surface area (Å²) in [5.74, 6) is 1.27. The Morgan fingerprint density at radius 2 is 2.06 bits per heavy atom. The molecule has 2 atom stereocenters. The first-order valence-corrected chi connectivity index (χ1v) is 6.29. The predicted octanol–water partition coefficient (Wildman–Crippen LogP) is 1.70. The van der Waals surface area contributed by atoms with Crippen molar-refractivity contribution in [3.63, 3.8) is 0 Å². The number of epoxide rings is 1. The van der Waals surface area contributed by atoms with Gasteiger partial charge in [-0.2, -0.15) is 0 Å². The molecular formula is C14H17NO2. The molecule has 17 heavy (non-hydrogen) atoms. The molecule has 2 fully saturated rings. The van der Waals surface area contributed by atoms with E-state index in [1.54, 1.807) is 0 Å². The molecule has 1 aliphatic carbocycles. The van der Waals surface area contributed by atoms with Gasteiger partial charge in [-0.25, -0.2) is 0 Å². The molecule has 0 bridgehead atoms. The SMILES string of the molecule is O=C(NCC(c1ccccc1)C1CC1)C1CO1. The third kappa shape index (κ3) is 2.67. The highest BCUT2D eigenvalue weighted by Crippen LogP contribution is 2.42. The predicted molar refractivity (Wildman–Crippen MR) is 64.7 cm³/mol. The van der Waals surface area contributed by atoms with Crippen LogP contribution in [-0.4, -0.2) is 25.2 Å². The third-order valence-electron chi connectivity index (χ3n) is 3.54. The first kappa shape index (κ1) is 10.8. The molecular weight excluding hydrogens is 214 g/mol. The zero-order valence-corrected chi connectivity index (χ0v) is 9.76. The van der Waals surface area contributed by atoms with Crippen molar-refractivity contribution in [1.29, 1.82) is 0 Å². The van der Waals surface area contributed by atoms with E-state index in [2.05, 4.69) is 29.6 Å². The van der Waals surface area contributed by atoms with E-state index in [0.29, 0.717) is 12.5 Å². The third-order valence-corrected chi connectivity index (χ3v) is 3.54. The van der Waals surface area contributed by atoms with Gasteiger partial charge in [-0.1, -0.05) is 30.3 Å². The van der Waals surface area contributed by atoms with Crippen LogP contribution >= 0.6 is 0 Å². The number of hydrogen-bond donors (Lipinski definition) is 1. The summed E-state index contributed by atoms with van der Waals surface area (Å²) >= 11 is 0.